The quantitative estimate of drug-likeness (QED) is 0.0522. The van der Waals surface area contributed by atoms with Gasteiger partial charge in [0.25, 0.3) is 0 Å². The van der Waals surface area contributed by atoms with Gasteiger partial charge >= 0.3 is 0 Å². The van der Waals surface area contributed by atoms with Crippen molar-refractivity contribution >= 4 is 11.8 Å². The second-order valence-electron chi connectivity index (χ2n) is 13.8. The summed E-state index contributed by atoms with van der Waals surface area (Å²) in [7, 11) is 0. The van der Waals surface area contributed by atoms with Gasteiger partial charge in [0.15, 0.2) is 0 Å². The van der Waals surface area contributed by atoms with Crippen LogP contribution in [0.4, 0.5) is 0 Å². The molecule has 2 amide bonds. The van der Waals surface area contributed by atoms with Crippen molar-refractivity contribution in [2.45, 2.75) is 219 Å². The second kappa shape index (κ2) is 39.6. The summed E-state index contributed by atoms with van der Waals surface area (Å²) in [4.78, 5) is 24.1. The topological polar surface area (TPSA) is 58.2 Å². The van der Waals surface area contributed by atoms with Gasteiger partial charge in [-0.1, -0.05) is 167 Å². The van der Waals surface area contributed by atoms with Crippen molar-refractivity contribution in [1.82, 2.24) is 10.6 Å². The molecular formula is C42H80N2O2. The Morgan fingerprint density at radius 2 is 0.587 bits per heavy atom. The van der Waals surface area contributed by atoms with Crippen LogP contribution in [0.2, 0.25) is 0 Å². The largest absolute Gasteiger partial charge is 0.354 e. The summed E-state index contributed by atoms with van der Waals surface area (Å²) in [6.07, 6.45) is 49.5. The number of rotatable bonds is 37. The third-order valence-corrected chi connectivity index (χ3v) is 9.10. The number of carbonyl (C=O) groups excluding carboxylic acids is 2. The van der Waals surface area contributed by atoms with Crippen LogP contribution in [0.15, 0.2) is 24.3 Å². The summed E-state index contributed by atoms with van der Waals surface area (Å²) in [6.45, 7) is 5.62. The normalized spacial score (nSPS) is 11.6. The van der Waals surface area contributed by atoms with Crippen molar-refractivity contribution in [3.63, 3.8) is 0 Å². The lowest BCUT2D eigenvalue weighted by Gasteiger charge is -2.07. The molecule has 270 valence electrons. The Morgan fingerprint density at radius 1 is 0.348 bits per heavy atom. The summed E-state index contributed by atoms with van der Waals surface area (Å²) < 4.78 is 0. The predicted molar refractivity (Wildman–Crippen MR) is 203 cm³/mol. The van der Waals surface area contributed by atoms with Gasteiger partial charge in [-0.2, -0.15) is 0 Å². The molecule has 0 fully saturated rings. The van der Waals surface area contributed by atoms with E-state index in [0.29, 0.717) is 25.9 Å². The van der Waals surface area contributed by atoms with Crippen LogP contribution >= 0.6 is 0 Å². The molecule has 0 radical (unpaired) electrons. The third-order valence-electron chi connectivity index (χ3n) is 9.10. The highest BCUT2D eigenvalue weighted by molar-refractivity contribution is 5.77. The third kappa shape index (κ3) is 38.6. The Labute approximate surface area is 288 Å². The highest BCUT2D eigenvalue weighted by Gasteiger charge is 2.03. The maximum atomic E-state index is 12.1. The van der Waals surface area contributed by atoms with Gasteiger partial charge in [0.1, 0.15) is 0 Å². The van der Waals surface area contributed by atoms with Gasteiger partial charge in [0, 0.05) is 25.9 Å². The van der Waals surface area contributed by atoms with Crippen molar-refractivity contribution in [1.29, 1.82) is 0 Å². The van der Waals surface area contributed by atoms with Crippen LogP contribution in [0.5, 0.6) is 0 Å². The minimum Gasteiger partial charge on any atom is -0.354 e. The Morgan fingerprint density at radius 3 is 0.870 bits per heavy atom. The molecule has 0 heterocycles. The van der Waals surface area contributed by atoms with Gasteiger partial charge < -0.3 is 10.6 Å². The fraction of sp³-hybridized carbons (Fsp3) is 0.857. The van der Waals surface area contributed by atoms with E-state index in [1.807, 2.05) is 0 Å². The Hall–Kier alpha value is -1.58. The first-order chi connectivity index (χ1) is 22.7. The number of allylic oxidation sites excluding steroid dienone is 4. The van der Waals surface area contributed by atoms with Crippen molar-refractivity contribution < 1.29 is 9.59 Å². The molecule has 0 saturated carbocycles. The van der Waals surface area contributed by atoms with Crippen molar-refractivity contribution in [2.75, 3.05) is 13.1 Å². The monoisotopic (exact) mass is 645 g/mol. The molecule has 4 nitrogen and oxygen atoms in total. The molecule has 46 heavy (non-hydrogen) atoms. The molecule has 0 unspecified atom stereocenters. The number of unbranched alkanes of at least 4 members (excludes halogenated alkanes) is 26. The molecule has 0 aliphatic heterocycles. The summed E-state index contributed by atoms with van der Waals surface area (Å²) in [5, 5.41) is 5.91. The Bertz CT molecular complexity index is 629. The second-order valence-corrected chi connectivity index (χ2v) is 13.8. The van der Waals surface area contributed by atoms with Crippen LogP contribution < -0.4 is 10.6 Å². The number of nitrogens with one attached hydrogen (secondary N) is 2. The lowest BCUT2D eigenvalue weighted by Crippen LogP contribution is -2.34. The van der Waals surface area contributed by atoms with E-state index >= 15 is 0 Å². The fourth-order valence-electron chi connectivity index (χ4n) is 6.00. The van der Waals surface area contributed by atoms with Crippen LogP contribution in [-0.4, -0.2) is 24.9 Å². The van der Waals surface area contributed by atoms with Crippen molar-refractivity contribution in [3.8, 4) is 0 Å². The Balaban J connectivity index is 3.32. The van der Waals surface area contributed by atoms with Crippen molar-refractivity contribution in [3.05, 3.63) is 24.3 Å². The average molecular weight is 645 g/mol. The zero-order valence-corrected chi connectivity index (χ0v) is 31.2. The summed E-state index contributed by atoms with van der Waals surface area (Å²) in [6, 6.07) is 0. The number of carbonyl (C=O) groups is 2. The molecule has 0 rings (SSSR count). The molecule has 0 aliphatic rings. The maximum absolute atomic E-state index is 12.1. The van der Waals surface area contributed by atoms with E-state index in [4.69, 9.17) is 0 Å². The van der Waals surface area contributed by atoms with Gasteiger partial charge in [-0.25, -0.2) is 0 Å². The van der Waals surface area contributed by atoms with Gasteiger partial charge in [-0.05, 0) is 64.2 Å². The molecule has 0 spiro atoms. The standard InChI is InChI=1S/C42H80N2O2/c1-3-5-7-9-11-13-15-17-19-21-23-25-27-29-31-33-35-37-41(45)43-39-40-44-42(46)38-36-34-32-30-28-26-24-22-20-18-16-14-12-10-8-6-4-2/h17-20H,3-16,21-40H2,1-2H3,(H,43,45)(H,44,46). The molecule has 0 aliphatic carbocycles. The van der Waals surface area contributed by atoms with E-state index in [0.717, 1.165) is 25.7 Å². The molecule has 0 aromatic heterocycles. The van der Waals surface area contributed by atoms with Gasteiger partial charge in [-0.15, -0.1) is 0 Å². The van der Waals surface area contributed by atoms with E-state index in [1.54, 1.807) is 0 Å². The van der Waals surface area contributed by atoms with Gasteiger partial charge in [0.05, 0.1) is 0 Å². The lowest BCUT2D eigenvalue weighted by atomic mass is 10.1. The highest BCUT2D eigenvalue weighted by Crippen LogP contribution is 2.13. The molecule has 0 bridgehead atoms. The molecule has 2 N–H and O–H groups in total. The van der Waals surface area contributed by atoms with Crippen LogP contribution in [0, 0.1) is 0 Å². The lowest BCUT2D eigenvalue weighted by molar-refractivity contribution is -0.123. The fourth-order valence-corrected chi connectivity index (χ4v) is 6.00. The molecule has 4 heteroatoms. The van der Waals surface area contributed by atoms with Crippen LogP contribution in [0.1, 0.15) is 219 Å². The molecule has 0 aromatic carbocycles. The van der Waals surface area contributed by atoms with Crippen molar-refractivity contribution in [2.24, 2.45) is 0 Å². The van der Waals surface area contributed by atoms with E-state index in [2.05, 4.69) is 48.8 Å². The van der Waals surface area contributed by atoms with E-state index in [9.17, 15) is 9.59 Å². The summed E-state index contributed by atoms with van der Waals surface area (Å²) in [5.41, 5.74) is 0. The van der Waals surface area contributed by atoms with Crippen LogP contribution in [-0.2, 0) is 9.59 Å². The van der Waals surface area contributed by atoms with Crippen LogP contribution in [0.3, 0.4) is 0 Å². The minimum atomic E-state index is 0.117. The van der Waals surface area contributed by atoms with Gasteiger partial charge in [0.2, 0.25) is 11.8 Å². The first-order valence-corrected chi connectivity index (χ1v) is 20.5. The smallest absolute Gasteiger partial charge is 0.220 e. The van der Waals surface area contributed by atoms with E-state index in [1.165, 1.54) is 167 Å². The summed E-state index contributed by atoms with van der Waals surface area (Å²) >= 11 is 0. The number of hydrogen-bond donors (Lipinski definition) is 2. The molecular weight excluding hydrogens is 564 g/mol. The predicted octanol–water partition coefficient (Wildman–Crippen LogP) is 12.9. The number of amides is 2. The average Bonchev–Trinajstić information content (AvgIpc) is 3.06. The zero-order valence-electron chi connectivity index (χ0n) is 31.2. The van der Waals surface area contributed by atoms with Gasteiger partial charge in [-0.3, -0.25) is 9.59 Å². The zero-order chi connectivity index (χ0) is 33.4. The first-order valence-electron chi connectivity index (χ1n) is 20.5. The molecule has 0 aromatic rings. The number of hydrogen-bond acceptors (Lipinski definition) is 2. The SMILES string of the molecule is CCCCCCCCC=CCCCCCCCCCC(=O)NCCNC(=O)CCCCCCCCCC=CCCCCCCCC. The molecule has 0 atom stereocenters. The van der Waals surface area contributed by atoms with E-state index < -0.39 is 0 Å². The molecule has 0 saturated heterocycles. The summed E-state index contributed by atoms with van der Waals surface area (Å²) in [5.74, 6) is 0.234. The first kappa shape index (κ1) is 44.4. The highest BCUT2D eigenvalue weighted by atomic mass is 16.2. The van der Waals surface area contributed by atoms with E-state index in [-0.39, 0.29) is 11.8 Å². The minimum absolute atomic E-state index is 0.117. The maximum Gasteiger partial charge on any atom is 0.220 e. The van der Waals surface area contributed by atoms with Crippen LogP contribution in [0.25, 0.3) is 0 Å². The Kier molecular flexibility index (Phi) is 38.2.